The van der Waals surface area contributed by atoms with Gasteiger partial charge in [0.2, 0.25) is 0 Å². The number of halogens is 2. The van der Waals surface area contributed by atoms with Gasteiger partial charge in [-0.2, -0.15) is 5.10 Å². The van der Waals surface area contributed by atoms with Crippen LogP contribution >= 0.6 is 0 Å². The van der Waals surface area contributed by atoms with Crippen LogP contribution in [0, 0.1) is 18.6 Å². The summed E-state index contributed by atoms with van der Waals surface area (Å²) in [4.78, 5) is 0. The molecule has 3 nitrogen and oxygen atoms in total. The van der Waals surface area contributed by atoms with Gasteiger partial charge in [-0.1, -0.05) is 13.8 Å². The number of aryl methyl sites for hydroxylation is 1. The Hall–Kier alpha value is -1.75. The summed E-state index contributed by atoms with van der Waals surface area (Å²) in [6, 6.07) is 2.94. The maximum absolute atomic E-state index is 14.0. The molecule has 1 aromatic heterocycles. The molecule has 0 radical (unpaired) electrons. The summed E-state index contributed by atoms with van der Waals surface area (Å²) in [5.74, 6) is -1.22. The molecule has 0 atom stereocenters. The number of nitrogens with zero attached hydrogens (tertiary/aromatic N) is 2. The highest BCUT2D eigenvalue weighted by molar-refractivity contribution is 5.38. The SMILES string of the molecule is Cc1cnn(-c2c(F)cc(CNC(C)C)cc2F)c1. The zero-order valence-electron chi connectivity index (χ0n) is 11.2. The summed E-state index contributed by atoms with van der Waals surface area (Å²) in [6.45, 7) is 6.21. The summed E-state index contributed by atoms with van der Waals surface area (Å²) >= 11 is 0. The van der Waals surface area contributed by atoms with Crippen molar-refractivity contribution >= 4 is 0 Å². The number of hydrogen-bond donors (Lipinski definition) is 1. The van der Waals surface area contributed by atoms with E-state index < -0.39 is 11.6 Å². The second-order valence-corrected chi connectivity index (χ2v) is 4.91. The molecule has 0 fully saturated rings. The molecule has 0 spiro atoms. The molecule has 0 aliphatic carbocycles. The van der Waals surface area contributed by atoms with Crippen molar-refractivity contribution in [3.63, 3.8) is 0 Å². The first kappa shape index (κ1) is 13.7. The average molecular weight is 265 g/mol. The molecule has 1 heterocycles. The van der Waals surface area contributed by atoms with Gasteiger partial charge in [-0.3, -0.25) is 0 Å². The van der Waals surface area contributed by atoms with E-state index in [-0.39, 0.29) is 11.7 Å². The molecule has 102 valence electrons. The van der Waals surface area contributed by atoms with Crippen LogP contribution in [0.4, 0.5) is 8.78 Å². The third-order valence-electron chi connectivity index (χ3n) is 2.73. The van der Waals surface area contributed by atoms with Gasteiger partial charge in [-0.15, -0.1) is 0 Å². The first-order chi connectivity index (χ1) is 8.97. The molecular weight excluding hydrogens is 248 g/mol. The molecule has 0 aliphatic heterocycles. The van der Waals surface area contributed by atoms with Crippen molar-refractivity contribution in [3.8, 4) is 5.69 Å². The molecule has 0 aliphatic rings. The first-order valence-electron chi connectivity index (χ1n) is 6.20. The molecule has 2 aromatic rings. The van der Waals surface area contributed by atoms with Crippen molar-refractivity contribution in [1.82, 2.24) is 15.1 Å². The van der Waals surface area contributed by atoms with Crippen LogP contribution in [0.2, 0.25) is 0 Å². The fourth-order valence-corrected chi connectivity index (χ4v) is 1.80. The molecule has 19 heavy (non-hydrogen) atoms. The van der Waals surface area contributed by atoms with Crippen molar-refractivity contribution in [1.29, 1.82) is 0 Å². The maximum atomic E-state index is 14.0. The molecule has 0 amide bonds. The normalized spacial score (nSPS) is 11.3. The zero-order chi connectivity index (χ0) is 14.0. The van der Waals surface area contributed by atoms with E-state index in [9.17, 15) is 8.78 Å². The summed E-state index contributed by atoms with van der Waals surface area (Å²) in [5, 5.41) is 7.06. The van der Waals surface area contributed by atoms with Gasteiger partial charge in [-0.25, -0.2) is 13.5 Å². The number of nitrogens with one attached hydrogen (secondary N) is 1. The van der Waals surface area contributed by atoms with E-state index in [2.05, 4.69) is 10.4 Å². The van der Waals surface area contributed by atoms with E-state index >= 15 is 0 Å². The fourth-order valence-electron chi connectivity index (χ4n) is 1.80. The predicted octanol–water partition coefficient (Wildman–Crippen LogP) is 2.96. The van der Waals surface area contributed by atoms with Crippen LogP contribution in [0.25, 0.3) is 5.69 Å². The van der Waals surface area contributed by atoms with E-state index in [1.54, 1.807) is 12.4 Å². The van der Waals surface area contributed by atoms with Crippen LogP contribution in [0.15, 0.2) is 24.5 Å². The van der Waals surface area contributed by atoms with Crippen LogP contribution in [0.1, 0.15) is 25.0 Å². The minimum absolute atomic E-state index is 0.138. The van der Waals surface area contributed by atoms with Crippen molar-refractivity contribution in [2.75, 3.05) is 0 Å². The Bertz CT molecular complexity index is 553. The summed E-state index contributed by atoms with van der Waals surface area (Å²) < 4.78 is 29.2. The molecule has 1 N–H and O–H groups in total. The van der Waals surface area contributed by atoms with E-state index in [0.29, 0.717) is 12.1 Å². The van der Waals surface area contributed by atoms with Crippen LogP contribution in [-0.4, -0.2) is 15.8 Å². The summed E-state index contributed by atoms with van der Waals surface area (Å²) in [7, 11) is 0. The Labute approximate surface area is 111 Å². The zero-order valence-corrected chi connectivity index (χ0v) is 11.2. The van der Waals surface area contributed by atoms with Gasteiger partial charge < -0.3 is 5.32 Å². The van der Waals surface area contributed by atoms with Gasteiger partial charge in [-0.05, 0) is 30.2 Å². The average Bonchev–Trinajstić information content (AvgIpc) is 2.72. The molecular formula is C14H17F2N3. The first-order valence-corrected chi connectivity index (χ1v) is 6.20. The van der Waals surface area contributed by atoms with Gasteiger partial charge in [0.25, 0.3) is 0 Å². The Balaban J connectivity index is 2.32. The van der Waals surface area contributed by atoms with Crippen LogP contribution in [0.3, 0.4) is 0 Å². The summed E-state index contributed by atoms with van der Waals surface area (Å²) in [6.07, 6.45) is 3.15. The Morgan fingerprint density at radius 1 is 1.26 bits per heavy atom. The monoisotopic (exact) mass is 265 g/mol. The van der Waals surface area contributed by atoms with E-state index in [4.69, 9.17) is 0 Å². The molecule has 0 bridgehead atoms. The molecule has 5 heteroatoms. The van der Waals surface area contributed by atoms with E-state index in [1.165, 1.54) is 16.8 Å². The Kier molecular flexibility index (Phi) is 3.95. The predicted molar refractivity (Wildman–Crippen MR) is 70.2 cm³/mol. The number of rotatable bonds is 4. The third kappa shape index (κ3) is 3.17. The van der Waals surface area contributed by atoms with Crippen LogP contribution in [0.5, 0.6) is 0 Å². The largest absolute Gasteiger partial charge is 0.310 e. The van der Waals surface area contributed by atoms with Crippen LogP contribution < -0.4 is 5.32 Å². The van der Waals surface area contributed by atoms with Crippen molar-refractivity contribution in [2.24, 2.45) is 0 Å². The van der Waals surface area contributed by atoms with E-state index in [1.807, 2.05) is 20.8 Å². The lowest BCUT2D eigenvalue weighted by Gasteiger charge is -2.11. The Morgan fingerprint density at radius 3 is 2.37 bits per heavy atom. The second kappa shape index (κ2) is 5.48. The lowest BCUT2D eigenvalue weighted by molar-refractivity contribution is 0.546. The fraction of sp³-hybridized carbons (Fsp3) is 0.357. The highest BCUT2D eigenvalue weighted by Crippen LogP contribution is 2.19. The summed E-state index contributed by atoms with van der Waals surface area (Å²) in [5.41, 5.74) is 1.29. The number of aromatic nitrogens is 2. The highest BCUT2D eigenvalue weighted by atomic mass is 19.1. The molecule has 1 aromatic carbocycles. The van der Waals surface area contributed by atoms with E-state index in [0.717, 1.165) is 5.56 Å². The van der Waals surface area contributed by atoms with Crippen molar-refractivity contribution < 1.29 is 8.78 Å². The van der Waals surface area contributed by atoms with Crippen molar-refractivity contribution in [2.45, 2.75) is 33.4 Å². The molecule has 0 saturated carbocycles. The smallest absolute Gasteiger partial charge is 0.152 e. The van der Waals surface area contributed by atoms with Gasteiger partial charge >= 0.3 is 0 Å². The minimum Gasteiger partial charge on any atom is -0.310 e. The van der Waals surface area contributed by atoms with Crippen molar-refractivity contribution in [3.05, 3.63) is 47.3 Å². The standard InChI is InChI=1S/C14H17F2N3/c1-9(2)17-7-11-4-12(15)14(13(16)5-11)19-8-10(3)6-18-19/h4-6,8-9,17H,7H2,1-3H3. The third-order valence-corrected chi connectivity index (χ3v) is 2.73. The van der Waals surface area contributed by atoms with Gasteiger partial charge in [0, 0.05) is 18.8 Å². The van der Waals surface area contributed by atoms with Crippen LogP contribution in [-0.2, 0) is 6.54 Å². The lowest BCUT2D eigenvalue weighted by atomic mass is 10.1. The second-order valence-electron chi connectivity index (χ2n) is 4.91. The lowest BCUT2D eigenvalue weighted by Crippen LogP contribution is -2.22. The maximum Gasteiger partial charge on any atom is 0.152 e. The van der Waals surface area contributed by atoms with Gasteiger partial charge in [0.15, 0.2) is 11.6 Å². The minimum atomic E-state index is -0.608. The number of benzene rings is 1. The molecule has 0 unspecified atom stereocenters. The Morgan fingerprint density at radius 2 is 1.89 bits per heavy atom. The topological polar surface area (TPSA) is 29.9 Å². The van der Waals surface area contributed by atoms with Gasteiger partial charge in [0.05, 0.1) is 6.20 Å². The van der Waals surface area contributed by atoms with Gasteiger partial charge in [0.1, 0.15) is 5.69 Å². The number of hydrogen-bond acceptors (Lipinski definition) is 2. The quantitative estimate of drug-likeness (QED) is 0.921. The molecule has 2 rings (SSSR count). The molecule has 0 saturated heterocycles. The highest BCUT2D eigenvalue weighted by Gasteiger charge is 2.14.